The van der Waals surface area contributed by atoms with E-state index in [0.717, 1.165) is 19.3 Å². The molecule has 14 nitrogen and oxygen atoms in total. The van der Waals surface area contributed by atoms with Crippen molar-refractivity contribution in [3.05, 3.63) is 0 Å². The Morgan fingerprint density at radius 1 is 0.482 bits per heavy atom. The van der Waals surface area contributed by atoms with Gasteiger partial charge in [-0.1, -0.05) is 0 Å². The lowest BCUT2D eigenvalue weighted by Crippen LogP contribution is -2.46. The van der Waals surface area contributed by atoms with E-state index >= 15 is 0 Å². The molecule has 14 heteroatoms. The number of rotatable bonds is 30. The summed E-state index contributed by atoms with van der Waals surface area (Å²) in [6, 6.07) is -0.158. The Hall–Kier alpha value is -5.02. The molecule has 0 spiro atoms. The van der Waals surface area contributed by atoms with Crippen LogP contribution in [0.4, 0.5) is 0 Å². The first-order valence-electron chi connectivity index (χ1n) is 19.5. The zero-order chi connectivity index (χ0) is 41.2. The fourth-order valence-electron chi connectivity index (χ4n) is 5.83. The Morgan fingerprint density at radius 2 is 0.786 bits per heavy atom. The molecule has 0 unspecified atom stereocenters. The van der Waals surface area contributed by atoms with E-state index in [1.54, 1.807) is 0 Å². The summed E-state index contributed by atoms with van der Waals surface area (Å²) in [6.07, 6.45) is 27.2. The molecule has 308 valence electrons. The number of nitrogens with one attached hydrogen (secondary N) is 2. The summed E-state index contributed by atoms with van der Waals surface area (Å²) >= 11 is 0. The molecule has 0 saturated heterocycles. The van der Waals surface area contributed by atoms with Crippen molar-refractivity contribution < 1.29 is 47.7 Å². The minimum absolute atomic E-state index is 0.0792. The zero-order valence-electron chi connectivity index (χ0n) is 32.8. The summed E-state index contributed by atoms with van der Waals surface area (Å²) in [7, 11) is 0. The van der Waals surface area contributed by atoms with Crippen LogP contribution in [0, 0.1) is 49.4 Å². The molecule has 0 aromatic heterocycles. The van der Waals surface area contributed by atoms with Gasteiger partial charge < -0.3 is 39.4 Å². The van der Waals surface area contributed by atoms with E-state index in [1.165, 1.54) is 0 Å². The predicted molar refractivity (Wildman–Crippen MR) is 210 cm³/mol. The maximum Gasteiger partial charge on any atom is 0.307 e. The van der Waals surface area contributed by atoms with Gasteiger partial charge in [0.2, 0.25) is 11.8 Å². The van der Waals surface area contributed by atoms with Gasteiger partial charge in [0, 0.05) is 76.8 Å². The molecular formula is C42H60N4O10. The van der Waals surface area contributed by atoms with E-state index in [4.69, 9.17) is 44.6 Å². The van der Waals surface area contributed by atoms with E-state index in [2.05, 4.69) is 34.3 Å². The van der Waals surface area contributed by atoms with Gasteiger partial charge >= 0.3 is 23.9 Å². The van der Waals surface area contributed by atoms with Gasteiger partial charge in [0.25, 0.3) is 0 Å². The Labute approximate surface area is 333 Å². The zero-order valence-corrected chi connectivity index (χ0v) is 32.8. The van der Waals surface area contributed by atoms with Crippen LogP contribution in [0.5, 0.6) is 0 Å². The molecule has 0 aromatic carbocycles. The number of nitrogens with zero attached hydrogens (tertiary/aromatic N) is 2. The Morgan fingerprint density at radius 3 is 1.07 bits per heavy atom. The number of terminal acetylenes is 4. The molecule has 1 aliphatic rings. The molecule has 1 rings (SSSR count). The van der Waals surface area contributed by atoms with Gasteiger partial charge in [-0.05, 0) is 51.6 Å². The number of esters is 4. The topological polar surface area (TPSA) is 170 Å². The van der Waals surface area contributed by atoms with E-state index in [1.807, 2.05) is 9.80 Å². The smallest absolute Gasteiger partial charge is 0.307 e. The van der Waals surface area contributed by atoms with Crippen molar-refractivity contribution in [3.8, 4) is 49.4 Å². The van der Waals surface area contributed by atoms with Gasteiger partial charge in [-0.15, -0.1) is 49.4 Å². The lowest BCUT2D eigenvalue weighted by molar-refractivity contribution is -0.145. The lowest BCUT2D eigenvalue weighted by atomic mass is 9.90. The third-order valence-corrected chi connectivity index (χ3v) is 8.73. The van der Waals surface area contributed by atoms with Crippen LogP contribution < -0.4 is 10.6 Å². The van der Waals surface area contributed by atoms with E-state index in [0.29, 0.717) is 84.2 Å². The number of hydrogen-bond acceptors (Lipinski definition) is 12. The molecule has 0 bridgehead atoms. The van der Waals surface area contributed by atoms with Crippen LogP contribution in [-0.2, 0) is 47.7 Å². The van der Waals surface area contributed by atoms with Crippen LogP contribution >= 0.6 is 0 Å². The van der Waals surface area contributed by atoms with Gasteiger partial charge in [0.1, 0.15) is 26.4 Å². The number of ether oxygens (including phenoxy) is 4. The number of hydrogen-bond donors (Lipinski definition) is 2. The van der Waals surface area contributed by atoms with E-state index in [9.17, 15) is 28.8 Å². The summed E-state index contributed by atoms with van der Waals surface area (Å²) in [5.74, 6) is 7.89. The highest BCUT2D eigenvalue weighted by molar-refractivity contribution is 5.77. The minimum atomic E-state index is -0.390. The second-order valence-corrected chi connectivity index (χ2v) is 13.3. The summed E-state index contributed by atoms with van der Waals surface area (Å²) in [6.45, 7) is 2.94. The maximum atomic E-state index is 12.9. The first-order valence-corrected chi connectivity index (χ1v) is 19.5. The second kappa shape index (κ2) is 32.2. The maximum absolute atomic E-state index is 12.9. The highest BCUT2D eigenvalue weighted by Crippen LogP contribution is 2.19. The van der Waals surface area contributed by atoms with E-state index < -0.39 is 0 Å². The average molecular weight is 781 g/mol. The number of carbonyl (C=O) groups is 6. The molecule has 0 aromatic rings. The SMILES string of the molecule is C#CCCOC(=O)CCN(CCCC(=O)N[C@@H]1CCC[C@H](NC(=O)CCCN(CCC(=O)OCCC#C)CCC(=O)OCCC#C)C1)CCC(=O)OCCC#C. The summed E-state index contributed by atoms with van der Waals surface area (Å²) in [5.41, 5.74) is 0. The lowest BCUT2D eigenvalue weighted by Gasteiger charge is -2.30. The van der Waals surface area contributed by atoms with Gasteiger partial charge in [-0.2, -0.15) is 0 Å². The first kappa shape index (κ1) is 49.0. The van der Waals surface area contributed by atoms with E-state index in [-0.39, 0.29) is 113 Å². The molecule has 2 amide bonds. The Bertz CT molecular complexity index is 1220. The molecular weight excluding hydrogens is 720 g/mol. The number of carbonyl (C=O) groups excluding carboxylic acids is 6. The van der Waals surface area contributed by atoms with Crippen molar-refractivity contribution in [3.63, 3.8) is 0 Å². The fraction of sp³-hybridized carbons (Fsp3) is 0.667. The van der Waals surface area contributed by atoms with Gasteiger partial charge in [-0.3, -0.25) is 28.8 Å². The highest BCUT2D eigenvalue weighted by Gasteiger charge is 2.25. The van der Waals surface area contributed by atoms with Crippen LogP contribution in [0.2, 0.25) is 0 Å². The van der Waals surface area contributed by atoms with Crippen LogP contribution in [0.1, 0.15) is 103 Å². The van der Waals surface area contributed by atoms with Gasteiger partial charge in [0.05, 0.1) is 25.7 Å². The normalized spacial score (nSPS) is 14.6. The summed E-state index contributed by atoms with van der Waals surface area (Å²) in [5, 5.41) is 6.20. The van der Waals surface area contributed by atoms with Crippen molar-refractivity contribution in [2.24, 2.45) is 0 Å². The third-order valence-electron chi connectivity index (χ3n) is 8.73. The minimum Gasteiger partial charge on any atom is -0.465 e. The summed E-state index contributed by atoms with van der Waals surface area (Å²) < 4.78 is 20.5. The molecule has 2 N–H and O–H groups in total. The Kier molecular flexibility index (Phi) is 28.2. The molecule has 2 atom stereocenters. The van der Waals surface area contributed by atoms with Crippen molar-refractivity contribution in [1.82, 2.24) is 20.4 Å². The molecule has 1 aliphatic carbocycles. The van der Waals surface area contributed by atoms with Crippen LogP contribution in [0.25, 0.3) is 0 Å². The second-order valence-electron chi connectivity index (χ2n) is 13.3. The molecule has 1 saturated carbocycles. The largest absolute Gasteiger partial charge is 0.465 e. The van der Waals surface area contributed by atoms with Crippen LogP contribution in [0.15, 0.2) is 0 Å². The van der Waals surface area contributed by atoms with Crippen molar-refractivity contribution in [2.75, 3.05) is 65.7 Å². The molecule has 0 aliphatic heterocycles. The summed E-state index contributed by atoms with van der Waals surface area (Å²) in [4.78, 5) is 78.1. The Balaban J connectivity index is 2.54. The van der Waals surface area contributed by atoms with Crippen molar-refractivity contribution >= 4 is 35.7 Å². The molecule has 1 fully saturated rings. The van der Waals surface area contributed by atoms with Crippen LogP contribution in [0.3, 0.4) is 0 Å². The third kappa shape index (κ3) is 26.7. The van der Waals surface area contributed by atoms with Crippen molar-refractivity contribution in [2.45, 2.75) is 115 Å². The van der Waals surface area contributed by atoms with Gasteiger partial charge in [-0.25, -0.2) is 0 Å². The molecule has 56 heavy (non-hydrogen) atoms. The average Bonchev–Trinajstić information content (AvgIpc) is 3.17. The van der Waals surface area contributed by atoms with Crippen molar-refractivity contribution in [1.29, 1.82) is 0 Å². The number of amides is 2. The predicted octanol–water partition coefficient (Wildman–Crippen LogP) is 2.52. The van der Waals surface area contributed by atoms with Gasteiger partial charge in [0.15, 0.2) is 0 Å². The standard InChI is InChI=1S/C42H60N4O10/c1-5-9-30-53-39(49)20-26-45(27-21-40(50)54-31-10-6-2)24-14-18-37(47)43-35-16-13-17-36(34-35)44-38(48)19-15-25-46(28-22-41(51)55-32-11-7-3)29-23-42(52)56-33-12-8-4/h1-4,35-36H,9-34H2,(H,43,47)(H,44,48)/t35-,36+. The molecule has 0 heterocycles. The first-order chi connectivity index (χ1) is 27.1. The fourth-order valence-corrected chi connectivity index (χ4v) is 5.83. The molecule has 0 radical (unpaired) electrons. The monoisotopic (exact) mass is 780 g/mol. The van der Waals surface area contributed by atoms with Crippen LogP contribution in [-0.4, -0.2) is 123 Å². The highest BCUT2D eigenvalue weighted by atomic mass is 16.5. The quantitative estimate of drug-likeness (QED) is 0.0474.